The Morgan fingerprint density at radius 1 is 0.982 bits per heavy atom. The minimum absolute atomic E-state index is 0.00884. The Kier molecular flexibility index (Phi) is 12.9. The van der Waals surface area contributed by atoms with Gasteiger partial charge in [0, 0.05) is 72.4 Å². The Morgan fingerprint density at radius 2 is 1.73 bits per heavy atom. The van der Waals surface area contributed by atoms with Crippen molar-refractivity contribution in [2.75, 3.05) is 63.3 Å². The minimum Gasteiger partial charge on any atom is -0.493 e. The highest BCUT2D eigenvalue weighted by molar-refractivity contribution is 14.1. The molecule has 3 heterocycles. The fourth-order valence-electron chi connectivity index (χ4n) is 7.34. The molecule has 2 N–H and O–H groups in total. The van der Waals surface area contributed by atoms with Crippen LogP contribution in [0.3, 0.4) is 0 Å². The van der Waals surface area contributed by atoms with Crippen LogP contribution < -0.4 is 29.7 Å². The third kappa shape index (κ3) is 10.2. The van der Waals surface area contributed by atoms with Crippen molar-refractivity contribution in [1.29, 1.82) is 0 Å². The van der Waals surface area contributed by atoms with E-state index in [4.69, 9.17) is 24.2 Å². The van der Waals surface area contributed by atoms with E-state index in [1.165, 1.54) is 4.90 Å². The fourth-order valence-corrected chi connectivity index (χ4v) is 8.85. The molecule has 2 aliphatic rings. The lowest BCUT2D eigenvalue weighted by Crippen LogP contribution is -2.57. The number of aromatic nitrogens is 2. The highest BCUT2D eigenvalue weighted by Gasteiger charge is 2.37. The number of fused-ring (bicyclic) bond motifs is 1. The molecule has 13 nitrogen and oxygen atoms in total. The molecule has 0 radical (unpaired) electrons. The average molecular weight is 943 g/mol. The lowest BCUT2D eigenvalue weighted by molar-refractivity contribution is -0.136. The zero-order chi connectivity index (χ0) is 40.2. The van der Waals surface area contributed by atoms with Gasteiger partial charge in [0.15, 0.2) is 18.1 Å². The highest BCUT2D eigenvalue weighted by atomic mass is 127. The summed E-state index contributed by atoms with van der Waals surface area (Å²) < 4.78 is 19.0. The fraction of sp³-hybridized carbons (Fsp3) is 0.439. The molecule has 4 amide bonds. The summed E-state index contributed by atoms with van der Waals surface area (Å²) in [5.41, 5.74) is 2.34. The normalized spacial score (nSPS) is 16.9. The number of carbonyl (C=O) groups excluding carboxylic acids is 3. The number of amides is 4. The molecule has 298 valence electrons. The number of alkyl halides is 1. The molecule has 0 spiro atoms. The molecular weight excluding hydrogens is 893 g/mol. The summed E-state index contributed by atoms with van der Waals surface area (Å²) in [6, 6.07) is 18.6. The van der Waals surface area contributed by atoms with Crippen molar-refractivity contribution >= 4 is 78.8 Å². The largest absolute Gasteiger partial charge is 0.493 e. The Hall–Kier alpha value is -4.22. The maximum absolute atomic E-state index is 13.2. The standard InChI is InChI=1S/C41H49BrIN7O6/c1-26(28-9-7-10-29(42)19-28)44-38-32-21-34(54-6)35(22-33(32)45-27(2)46-38)56-25-41(5,43)24-40(3,4)49-17-15-48(16-18-49)37(52)23-55-31-12-8-11-30(20-31)50-14-13-36(51)47-39(50)53/h7-12,19-22,26H,13-18,23-25H2,1-6H3,(H,44,45,46)(H,47,51,53)/t26-,41?/m1/s1. The molecule has 0 bridgehead atoms. The van der Waals surface area contributed by atoms with Crippen molar-refractivity contribution in [3.8, 4) is 17.2 Å². The van der Waals surface area contributed by atoms with Gasteiger partial charge in [-0.2, -0.15) is 0 Å². The third-order valence-electron chi connectivity index (χ3n) is 10.2. The summed E-state index contributed by atoms with van der Waals surface area (Å²) >= 11 is 6.07. The van der Waals surface area contributed by atoms with Crippen molar-refractivity contribution in [2.45, 2.75) is 62.5 Å². The van der Waals surface area contributed by atoms with Crippen LogP contribution in [0.15, 0.2) is 65.1 Å². The molecule has 2 saturated heterocycles. The van der Waals surface area contributed by atoms with Gasteiger partial charge in [0.1, 0.15) is 24.0 Å². The number of nitrogens with one attached hydrogen (secondary N) is 2. The molecule has 4 aromatic rings. The second-order valence-electron chi connectivity index (χ2n) is 15.2. The Balaban J connectivity index is 1.02. The molecule has 56 heavy (non-hydrogen) atoms. The second kappa shape index (κ2) is 17.5. The first kappa shape index (κ1) is 41.4. The van der Waals surface area contributed by atoms with Crippen molar-refractivity contribution in [2.24, 2.45) is 0 Å². The van der Waals surface area contributed by atoms with E-state index in [-0.39, 0.29) is 39.8 Å². The SMILES string of the molecule is COc1cc2c(N[C@H](C)c3cccc(Br)c3)nc(C)nc2cc1OCC(C)(I)CC(C)(C)N1CCN(C(=O)COc2cccc(N3CCC(=O)NC3=O)c2)CC1. The van der Waals surface area contributed by atoms with Crippen LogP contribution in [0, 0.1) is 6.92 Å². The van der Waals surface area contributed by atoms with Crippen molar-refractivity contribution < 1.29 is 28.6 Å². The van der Waals surface area contributed by atoms with Crippen molar-refractivity contribution in [3.63, 3.8) is 0 Å². The van der Waals surface area contributed by atoms with Crippen LogP contribution in [0.2, 0.25) is 0 Å². The number of hydrogen-bond donors (Lipinski definition) is 2. The van der Waals surface area contributed by atoms with Gasteiger partial charge in [-0.15, -0.1) is 0 Å². The van der Waals surface area contributed by atoms with E-state index >= 15 is 0 Å². The summed E-state index contributed by atoms with van der Waals surface area (Å²) in [5, 5.41) is 6.74. The number of hydrogen-bond acceptors (Lipinski definition) is 10. The monoisotopic (exact) mass is 941 g/mol. The van der Waals surface area contributed by atoms with Crippen LogP contribution >= 0.6 is 38.5 Å². The van der Waals surface area contributed by atoms with Crippen LogP contribution in [-0.2, 0) is 9.59 Å². The predicted octanol–water partition coefficient (Wildman–Crippen LogP) is 7.29. The first-order valence-electron chi connectivity index (χ1n) is 18.7. The minimum atomic E-state index is -0.466. The maximum atomic E-state index is 13.2. The smallest absolute Gasteiger partial charge is 0.328 e. The van der Waals surface area contributed by atoms with Gasteiger partial charge < -0.3 is 24.4 Å². The number of ether oxygens (including phenoxy) is 3. The predicted molar refractivity (Wildman–Crippen MR) is 229 cm³/mol. The number of urea groups is 1. The van der Waals surface area contributed by atoms with Crippen LogP contribution in [0.25, 0.3) is 10.9 Å². The van der Waals surface area contributed by atoms with Gasteiger partial charge in [-0.3, -0.25) is 24.7 Å². The number of carbonyl (C=O) groups is 3. The van der Waals surface area contributed by atoms with Gasteiger partial charge >= 0.3 is 6.03 Å². The first-order chi connectivity index (χ1) is 26.6. The molecule has 6 rings (SSSR count). The van der Waals surface area contributed by atoms with Gasteiger partial charge in [-0.1, -0.05) is 56.7 Å². The number of methoxy groups -OCH3 is 1. The highest BCUT2D eigenvalue weighted by Crippen LogP contribution is 2.38. The molecule has 3 aromatic carbocycles. The van der Waals surface area contributed by atoms with E-state index < -0.39 is 6.03 Å². The van der Waals surface area contributed by atoms with E-state index in [0.717, 1.165) is 46.3 Å². The summed E-state index contributed by atoms with van der Waals surface area (Å²) in [6.45, 7) is 14.0. The summed E-state index contributed by atoms with van der Waals surface area (Å²) in [6.07, 6.45) is 1.07. The number of benzene rings is 3. The van der Waals surface area contributed by atoms with Gasteiger partial charge in [0.2, 0.25) is 5.91 Å². The van der Waals surface area contributed by atoms with Gasteiger partial charge in [-0.25, -0.2) is 14.8 Å². The second-order valence-corrected chi connectivity index (χ2v) is 18.7. The number of aryl methyl sites for hydroxylation is 1. The van der Waals surface area contributed by atoms with E-state index in [1.54, 1.807) is 31.4 Å². The topological polar surface area (TPSA) is 138 Å². The van der Waals surface area contributed by atoms with Crippen LogP contribution in [0.1, 0.15) is 58.0 Å². The maximum Gasteiger partial charge on any atom is 0.328 e. The van der Waals surface area contributed by atoms with Crippen molar-refractivity contribution in [1.82, 2.24) is 25.1 Å². The number of anilines is 2. The summed E-state index contributed by atoms with van der Waals surface area (Å²) in [7, 11) is 1.64. The zero-order valence-corrected chi connectivity index (χ0v) is 36.4. The number of imide groups is 1. The molecule has 2 atom stereocenters. The van der Waals surface area contributed by atoms with E-state index in [1.807, 2.05) is 36.1 Å². The van der Waals surface area contributed by atoms with Gasteiger partial charge in [-0.05, 0) is 76.9 Å². The molecule has 2 fully saturated rings. The molecule has 2 aliphatic heterocycles. The average Bonchev–Trinajstić information content (AvgIpc) is 3.15. The first-order valence-corrected chi connectivity index (χ1v) is 20.5. The molecule has 0 aliphatic carbocycles. The number of rotatable bonds is 14. The Morgan fingerprint density at radius 3 is 2.45 bits per heavy atom. The van der Waals surface area contributed by atoms with Crippen LogP contribution in [-0.4, -0.2) is 99.6 Å². The quantitative estimate of drug-likeness (QED) is 0.0980. The van der Waals surface area contributed by atoms with Gasteiger partial charge in [0.05, 0.1) is 22.1 Å². The van der Waals surface area contributed by atoms with Crippen LogP contribution in [0.5, 0.6) is 17.2 Å². The van der Waals surface area contributed by atoms with Crippen LogP contribution in [0.4, 0.5) is 16.3 Å². The molecule has 1 unspecified atom stereocenters. The van der Waals surface area contributed by atoms with Crippen molar-refractivity contribution in [3.05, 3.63) is 76.5 Å². The van der Waals surface area contributed by atoms with E-state index in [0.29, 0.717) is 55.0 Å². The number of halogens is 2. The molecular formula is C41H49BrIN7O6. The molecule has 1 aromatic heterocycles. The van der Waals surface area contributed by atoms with E-state index in [2.05, 4.69) is 93.9 Å². The van der Waals surface area contributed by atoms with E-state index in [9.17, 15) is 14.4 Å². The third-order valence-corrected chi connectivity index (χ3v) is 11.3. The molecule has 15 heteroatoms. The summed E-state index contributed by atoms with van der Waals surface area (Å²) in [4.78, 5) is 52.2. The zero-order valence-electron chi connectivity index (χ0n) is 32.7. The number of nitrogens with zero attached hydrogens (tertiary/aromatic N) is 5. The number of piperazine rings is 1. The lowest BCUT2D eigenvalue weighted by atomic mass is 9.89. The lowest BCUT2D eigenvalue weighted by Gasteiger charge is -2.46. The summed E-state index contributed by atoms with van der Waals surface area (Å²) in [5.74, 6) is 2.72. The van der Waals surface area contributed by atoms with Gasteiger partial charge in [0.25, 0.3) is 5.91 Å². The Labute approximate surface area is 350 Å². The Bertz CT molecular complexity index is 2090. The molecule has 0 saturated carbocycles.